The van der Waals surface area contributed by atoms with E-state index >= 15 is 0 Å². The molecule has 1 saturated carbocycles. The first-order valence-electron chi connectivity index (χ1n) is 6.78. The van der Waals surface area contributed by atoms with Gasteiger partial charge < -0.3 is 0 Å². The number of hydrazone groups is 1. The first-order valence-corrected chi connectivity index (χ1v) is 7.60. The monoisotopic (exact) mass is 302 g/mol. The molecule has 2 unspecified atom stereocenters. The van der Waals surface area contributed by atoms with Gasteiger partial charge in [0.1, 0.15) is 0 Å². The first-order chi connectivity index (χ1) is 10.1. The Kier molecular flexibility index (Phi) is 3.84. The zero-order valence-electron chi connectivity index (χ0n) is 11.5. The summed E-state index contributed by atoms with van der Waals surface area (Å²) in [6.45, 7) is 2.04. The van der Waals surface area contributed by atoms with Crippen molar-refractivity contribution in [1.82, 2.24) is 5.43 Å². The van der Waals surface area contributed by atoms with Gasteiger partial charge in [0.25, 0.3) is 0 Å². The molecule has 1 aliphatic rings. The smallest absolute Gasteiger partial charge is 0.243 e. The lowest BCUT2D eigenvalue weighted by atomic mass is 10.1. The molecular weight excluding hydrogens is 287 g/mol. The van der Waals surface area contributed by atoms with Crippen LogP contribution in [0.2, 0.25) is 0 Å². The van der Waals surface area contributed by atoms with Crippen LogP contribution in [0.5, 0.6) is 0 Å². The normalized spacial score (nSPS) is 20.7. The van der Waals surface area contributed by atoms with Crippen LogP contribution in [0.3, 0.4) is 0 Å². The van der Waals surface area contributed by atoms with E-state index in [2.05, 4.69) is 34.8 Å². The van der Waals surface area contributed by atoms with E-state index < -0.39 is 0 Å². The molecule has 3 nitrogen and oxygen atoms in total. The van der Waals surface area contributed by atoms with Crippen molar-refractivity contribution in [2.45, 2.75) is 19.3 Å². The van der Waals surface area contributed by atoms with E-state index in [-0.39, 0.29) is 17.0 Å². The van der Waals surface area contributed by atoms with Gasteiger partial charge in [-0.15, -0.1) is 11.3 Å². The molecule has 1 aliphatic carbocycles. The number of halogens is 1. The van der Waals surface area contributed by atoms with Crippen LogP contribution in [0.15, 0.2) is 41.5 Å². The van der Waals surface area contributed by atoms with Crippen molar-refractivity contribution in [2.75, 3.05) is 0 Å². The van der Waals surface area contributed by atoms with Gasteiger partial charge >= 0.3 is 0 Å². The van der Waals surface area contributed by atoms with Gasteiger partial charge in [-0.3, -0.25) is 4.79 Å². The molecule has 0 saturated heterocycles. The third kappa shape index (κ3) is 3.36. The van der Waals surface area contributed by atoms with Crippen LogP contribution in [0.4, 0.5) is 4.39 Å². The number of nitrogens with one attached hydrogen (secondary N) is 1. The highest BCUT2D eigenvalue weighted by molar-refractivity contribution is 7.12. The summed E-state index contributed by atoms with van der Waals surface area (Å²) in [6, 6.07) is 11.3. The maximum absolute atomic E-state index is 12.8. The molecule has 2 atom stereocenters. The molecule has 1 heterocycles. The average molecular weight is 302 g/mol. The van der Waals surface area contributed by atoms with Gasteiger partial charge in [-0.2, -0.15) is 9.49 Å². The lowest BCUT2D eigenvalue weighted by Crippen LogP contribution is -2.19. The molecule has 0 spiro atoms. The van der Waals surface area contributed by atoms with Crippen molar-refractivity contribution in [2.24, 2.45) is 11.0 Å². The van der Waals surface area contributed by atoms with E-state index in [9.17, 15) is 9.18 Å². The van der Waals surface area contributed by atoms with E-state index in [1.54, 1.807) is 6.07 Å². The Bertz CT molecular complexity index is 678. The Morgan fingerprint density at radius 3 is 2.76 bits per heavy atom. The largest absolute Gasteiger partial charge is 0.273 e. The van der Waals surface area contributed by atoms with Gasteiger partial charge in [0, 0.05) is 5.92 Å². The number of hydrogen-bond donors (Lipinski definition) is 1. The first kappa shape index (κ1) is 13.9. The molecule has 1 aromatic heterocycles. The summed E-state index contributed by atoms with van der Waals surface area (Å²) in [6.07, 6.45) is 2.33. The molecule has 2 aromatic rings. The molecule has 1 N–H and O–H groups in total. The second kappa shape index (κ2) is 5.77. The highest BCUT2D eigenvalue weighted by atomic mass is 32.1. The number of carbonyl (C=O) groups is 1. The minimum absolute atomic E-state index is 0.00933. The van der Waals surface area contributed by atoms with Gasteiger partial charge in [0.05, 0.1) is 11.1 Å². The molecule has 108 valence electrons. The molecule has 0 bridgehead atoms. The van der Waals surface area contributed by atoms with Crippen molar-refractivity contribution in [3.05, 3.63) is 57.5 Å². The predicted molar refractivity (Wildman–Crippen MR) is 82.0 cm³/mol. The zero-order valence-corrected chi connectivity index (χ0v) is 12.4. The van der Waals surface area contributed by atoms with E-state index in [0.717, 1.165) is 17.8 Å². The van der Waals surface area contributed by atoms with Gasteiger partial charge in [-0.05, 0) is 37.0 Å². The summed E-state index contributed by atoms with van der Waals surface area (Å²) in [5.41, 5.74) is 4.94. The van der Waals surface area contributed by atoms with Crippen molar-refractivity contribution in [1.29, 1.82) is 0 Å². The predicted octanol–water partition coefficient (Wildman–Crippen LogP) is 3.45. The zero-order chi connectivity index (χ0) is 14.8. The number of rotatable bonds is 4. The number of carbonyl (C=O) groups excluding carboxylic acids is 1. The van der Waals surface area contributed by atoms with Crippen LogP contribution in [-0.4, -0.2) is 12.1 Å². The van der Waals surface area contributed by atoms with Crippen molar-refractivity contribution in [3.8, 4) is 0 Å². The van der Waals surface area contributed by atoms with Gasteiger partial charge in [-0.1, -0.05) is 29.8 Å². The third-order valence-electron chi connectivity index (χ3n) is 3.59. The molecule has 1 aromatic carbocycles. The summed E-state index contributed by atoms with van der Waals surface area (Å²) in [7, 11) is 0. The Balaban J connectivity index is 1.53. The van der Waals surface area contributed by atoms with Crippen LogP contribution < -0.4 is 5.43 Å². The molecule has 0 radical (unpaired) electrons. The van der Waals surface area contributed by atoms with E-state index in [1.165, 1.54) is 23.4 Å². The molecular formula is C16H15FN2OS. The summed E-state index contributed by atoms with van der Waals surface area (Å²) in [4.78, 5) is 12.6. The standard InChI is InChI=1S/C16H15FN2OS/c1-10-2-4-11(5-3-10)13-8-14(13)16(20)19-18-9-12-6-7-15(17)21-12/h2-7,9,13-14H,8H2,1H3,(H,19,20)/b18-9+. The van der Waals surface area contributed by atoms with Crippen molar-refractivity contribution >= 4 is 23.5 Å². The van der Waals surface area contributed by atoms with E-state index in [0.29, 0.717) is 10.8 Å². The summed E-state index contributed by atoms with van der Waals surface area (Å²) >= 11 is 0.995. The summed E-state index contributed by atoms with van der Waals surface area (Å²) in [5, 5.41) is 3.62. The van der Waals surface area contributed by atoms with E-state index in [4.69, 9.17) is 0 Å². The van der Waals surface area contributed by atoms with E-state index in [1.807, 2.05) is 6.92 Å². The fourth-order valence-corrected chi connectivity index (χ4v) is 2.91. The Morgan fingerprint density at radius 1 is 1.33 bits per heavy atom. The number of benzene rings is 1. The van der Waals surface area contributed by atoms with Crippen molar-refractivity contribution < 1.29 is 9.18 Å². The number of hydrogen-bond acceptors (Lipinski definition) is 3. The van der Waals surface area contributed by atoms with Crippen LogP contribution >= 0.6 is 11.3 Å². The minimum Gasteiger partial charge on any atom is -0.273 e. The third-order valence-corrected chi connectivity index (χ3v) is 4.40. The Morgan fingerprint density at radius 2 is 2.10 bits per heavy atom. The fourth-order valence-electron chi connectivity index (χ4n) is 2.31. The summed E-state index contributed by atoms with van der Waals surface area (Å²) in [5.74, 6) is 0.207. The van der Waals surface area contributed by atoms with Gasteiger partial charge in [-0.25, -0.2) is 5.43 Å². The maximum atomic E-state index is 12.8. The number of thiophene rings is 1. The minimum atomic E-state index is -0.260. The number of nitrogens with zero attached hydrogens (tertiary/aromatic N) is 1. The molecule has 5 heteroatoms. The Labute approximate surface area is 126 Å². The van der Waals surface area contributed by atoms with Crippen LogP contribution in [0.25, 0.3) is 0 Å². The second-order valence-electron chi connectivity index (χ2n) is 5.24. The lowest BCUT2D eigenvalue weighted by molar-refractivity contribution is -0.122. The second-order valence-corrected chi connectivity index (χ2v) is 6.30. The fraction of sp³-hybridized carbons (Fsp3) is 0.250. The average Bonchev–Trinajstić information content (AvgIpc) is 3.16. The SMILES string of the molecule is Cc1ccc(C2CC2C(=O)N/N=C/c2ccc(F)s2)cc1. The molecule has 21 heavy (non-hydrogen) atoms. The van der Waals surface area contributed by atoms with Crippen LogP contribution in [0, 0.1) is 18.0 Å². The molecule has 0 aliphatic heterocycles. The van der Waals surface area contributed by atoms with Gasteiger partial charge in [0.15, 0.2) is 5.13 Å². The highest BCUT2D eigenvalue weighted by Gasteiger charge is 2.43. The molecule has 1 amide bonds. The lowest BCUT2D eigenvalue weighted by Gasteiger charge is -2.01. The number of aryl methyl sites for hydroxylation is 1. The van der Waals surface area contributed by atoms with Gasteiger partial charge in [0.2, 0.25) is 5.91 Å². The quantitative estimate of drug-likeness (QED) is 0.682. The molecule has 3 rings (SSSR count). The molecule has 1 fully saturated rings. The summed E-state index contributed by atoms with van der Waals surface area (Å²) < 4.78 is 12.8. The maximum Gasteiger partial charge on any atom is 0.243 e. The van der Waals surface area contributed by atoms with Crippen molar-refractivity contribution in [3.63, 3.8) is 0 Å². The van der Waals surface area contributed by atoms with Crippen LogP contribution in [-0.2, 0) is 4.79 Å². The number of amides is 1. The highest BCUT2D eigenvalue weighted by Crippen LogP contribution is 2.47. The topological polar surface area (TPSA) is 41.5 Å². The van der Waals surface area contributed by atoms with Crippen LogP contribution in [0.1, 0.15) is 28.3 Å². The Hall–Kier alpha value is -2.01.